The van der Waals surface area contributed by atoms with Crippen molar-refractivity contribution in [2.45, 2.75) is 25.4 Å². The third kappa shape index (κ3) is 1.80. The Balaban J connectivity index is 2.47. The molecule has 16 heavy (non-hydrogen) atoms. The molecule has 0 saturated carbocycles. The van der Waals surface area contributed by atoms with E-state index in [1.165, 1.54) is 0 Å². The van der Waals surface area contributed by atoms with Gasteiger partial charge >= 0.3 is 0 Å². The van der Waals surface area contributed by atoms with E-state index in [4.69, 9.17) is 15.2 Å². The molecule has 0 spiro atoms. The van der Waals surface area contributed by atoms with Crippen LogP contribution >= 0.6 is 0 Å². The average Bonchev–Trinajstić information content (AvgIpc) is 2.27. The molecule has 0 saturated heterocycles. The van der Waals surface area contributed by atoms with Gasteiger partial charge in [-0.1, -0.05) is 0 Å². The van der Waals surface area contributed by atoms with E-state index in [2.05, 4.69) is 12.2 Å². The molecule has 3 N–H and O–H groups in total. The monoisotopic (exact) mass is 222 g/mol. The standard InChI is InChI=1S/C12H18N2O2/c1-7-4-9(13)8-5-11(15-2)12(16-3)6-10(8)14-7/h5-7,9,14H,4,13H2,1-3H3. The van der Waals surface area contributed by atoms with Gasteiger partial charge < -0.3 is 20.5 Å². The minimum absolute atomic E-state index is 0.0612. The summed E-state index contributed by atoms with van der Waals surface area (Å²) in [6, 6.07) is 4.35. The number of hydrogen-bond acceptors (Lipinski definition) is 4. The van der Waals surface area contributed by atoms with Crippen molar-refractivity contribution in [3.63, 3.8) is 0 Å². The van der Waals surface area contributed by atoms with Crippen LogP contribution in [0.4, 0.5) is 5.69 Å². The molecule has 1 aliphatic rings. The van der Waals surface area contributed by atoms with Crippen molar-refractivity contribution in [2.24, 2.45) is 5.73 Å². The molecule has 88 valence electrons. The Morgan fingerprint density at radius 2 is 1.88 bits per heavy atom. The third-order valence-electron chi connectivity index (χ3n) is 2.96. The van der Waals surface area contributed by atoms with E-state index < -0.39 is 0 Å². The van der Waals surface area contributed by atoms with E-state index in [-0.39, 0.29) is 6.04 Å². The predicted octanol–water partition coefficient (Wildman–Crippen LogP) is 1.91. The van der Waals surface area contributed by atoms with Gasteiger partial charge in [-0.05, 0) is 25.0 Å². The molecule has 1 heterocycles. The number of fused-ring (bicyclic) bond motifs is 1. The van der Waals surface area contributed by atoms with E-state index >= 15 is 0 Å². The number of benzene rings is 1. The van der Waals surface area contributed by atoms with Crippen LogP contribution in [0.2, 0.25) is 0 Å². The summed E-state index contributed by atoms with van der Waals surface area (Å²) in [4.78, 5) is 0. The highest BCUT2D eigenvalue weighted by atomic mass is 16.5. The van der Waals surface area contributed by atoms with Crippen molar-refractivity contribution in [3.05, 3.63) is 17.7 Å². The number of hydrogen-bond donors (Lipinski definition) is 2. The minimum Gasteiger partial charge on any atom is -0.493 e. The van der Waals surface area contributed by atoms with Crippen LogP contribution < -0.4 is 20.5 Å². The fourth-order valence-electron chi connectivity index (χ4n) is 2.16. The van der Waals surface area contributed by atoms with Gasteiger partial charge in [-0.2, -0.15) is 0 Å². The lowest BCUT2D eigenvalue weighted by molar-refractivity contribution is 0.354. The van der Waals surface area contributed by atoms with Crippen LogP contribution in [0.25, 0.3) is 0 Å². The maximum Gasteiger partial charge on any atom is 0.162 e. The summed E-state index contributed by atoms with van der Waals surface area (Å²) in [6.45, 7) is 2.12. The first kappa shape index (κ1) is 11.1. The zero-order valence-electron chi connectivity index (χ0n) is 9.91. The highest BCUT2D eigenvalue weighted by Crippen LogP contribution is 2.39. The second-order valence-electron chi connectivity index (χ2n) is 4.18. The van der Waals surface area contributed by atoms with E-state index in [1.807, 2.05) is 12.1 Å². The molecule has 0 aliphatic carbocycles. The lowest BCUT2D eigenvalue weighted by Crippen LogP contribution is -2.29. The van der Waals surface area contributed by atoms with Gasteiger partial charge in [0.05, 0.1) is 14.2 Å². The Hall–Kier alpha value is -1.42. The molecular formula is C12H18N2O2. The molecule has 2 unspecified atom stereocenters. The van der Waals surface area contributed by atoms with Crippen molar-refractivity contribution < 1.29 is 9.47 Å². The topological polar surface area (TPSA) is 56.5 Å². The maximum atomic E-state index is 6.12. The maximum absolute atomic E-state index is 6.12. The van der Waals surface area contributed by atoms with Crippen molar-refractivity contribution in [3.8, 4) is 11.5 Å². The second-order valence-corrected chi connectivity index (χ2v) is 4.18. The highest BCUT2D eigenvalue weighted by molar-refractivity contribution is 5.63. The Labute approximate surface area is 95.7 Å². The minimum atomic E-state index is 0.0612. The molecule has 4 nitrogen and oxygen atoms in total. The lowest BCUT2D eigenvalue weighted by Gasteiger charge is -2.29. The van der Waals surface area contributed by atoms with Gasteiger partial charge in [0, 0.05) is 23.8 Å². The highest BCUT2D eigenvalue weighted by Gasteiger charge is 2.23. The van der Waals surface area contributed by atoms with Gasteiger partial charge in [0.25, 0.3) is 0 Å². The number of methoxy groups -OCH3 is 2. The van der Waals surface area contributed by atoms with Gasteiger partial charge in [-0.3, -0.25) is 0 Å². The van der Waals surface area contributed by atoms with Crippen LogP contribution in [-0.2, 0) is 0 Å². The largest absolute Gasteiger partial charge is 0.493 e. The van der Waals surface area contributed by atoms with Gasteiger partial charge in [-0.15, -0.1) is 0 Å². The van der Waals surface area contributed by atoms with Crippen molar-refractivity contribution in [1.29, 1.82) is 0 Å². The summed E-state index contributed by atoms with van der Waals surface area (Å²) in [6.07, 6.45) is 0.933. The summed E-state index contributed by atoms with van der Waals surface area (Å²) in [7, 11) is 3.27. The Morgan fingerprint density at radius 1 is 1.25 bits per heavy atom. The summed E-state index contributed by atoms with van der Waals surface area (Å²) < 4.78 is 10.5. The fraction of sp³-hybridized carbons (Fsp3) is 0.500. The molecular weight excluding hydrogens is 204 g/mol. The molecule has 4 heteroatoms. The molecule has 1 aromatic carbocycles. The average molecular weight is 222 g/mol. The van der Waals surface area contributed by atoms with Crippen LogP contribution in [0.3, 0.4) is 0 Å². The Bertz CT molecular complexity index is 393. The number of ether oxygens (including phenoxy) is 2. The van der Waals surface area contributed by atoms with E-state index in [0.717, 1.165) is 29.2 Å². The zero-order valence-corrected chi connectivity index (χ0v) is 9.91. The quantitative estimate of drug-likeness (QED) is 0.802. The summed E-state index contributed by atoms with van der Waals surface area (Å²) in [5.41, 5.74) is 8.25. The number of nitrogens with one attached hydrogen (secondary N) is 1. The number of rotatable bonds is 2. The molecule has 2 atom stereocenters. The third-order valence-corrected chi connectivity index (χ3v) is 2.96. The first-order valence-corrected chi connectivity index (χ1v) is 5.43. The van der Waals surface area contributed by atoms with Crippen molar-refractivity contribution in [2.75, 3.05) is 19.5 Å². The Kier molecular flexibility index (Phi) is 2.92. The van der Waals surface area contributed by atoms with Crippen LogP contribution in [0.1, 0.15) is 24.9 Å². The molecule has 0 amide bonds. The SMILES string of the molecule is COc1cc2c(cc1OC)C(N)CC(C)N2. The van der Waals surface area contributed by atoms with Gasteiger partial charge in [0.2, 0.25) is 0 Å². The number of nitrogens with two attached hydrogens (primary N) is 1. The van der Waals surface area contributed by atoms with E-state index in [9.17, 15) is 0 Å². The molecule has 1 aromatic rings. The normalized spacial score (nSPS) is 23.2. The predicted molar refractivity (Wildman–Crippen MR) is 64.2 cm³/mol. The fourth-order valence-corrected chi connectivity index (χ4v) is 2.16. The van der Waals surface area contributed by atoms with E-state index in [1.54, 1.807) is 14.2 Å². The summed E-state index contributed by atoms with van der Waals surface area (Å²) in [5, 5.41) is 3.40. The molecule has 2 rings (SSSR count). The second kappa shape index (κ2) is 4.22. The van der Waals surface area contributed by atoms with Gasteiger partial charge in [0.15, 0.2) is 11.5 Å². The smallest absolute Gasteiger partial charge is 0.162 e. The molecule has 1 aliphatic heterocycles. The summed E-state index contributed by atoms with van der Waals surface area (Å²) >= 11 is 0. The lowest BCUT2D eigenvalue weighted by atomic mass is 9.94. The molecule has 0 radical (unpaired) electrons. The summed E-state index contributed by atoms with van der Waals surface area (Å²) in [5.74, 6) is 1.46. The Morgan fingerprint density at radius 3 is 2.50 bits per heavy atom. The number of anilines is 1. The molecule has 0 fully saturated rings. The first-order chi connectivity index (χ1) is 7.65. The van der Waals surface area contributed by atoms with Crippen LogP contribution in [0.5, 0.6) is 11.5 Å². The van der Waals surface area contributed by atoms with Crippen LogP contribution in [-0.4, -0.2) is 20.3 Å². The van der Waals surface area contributed by atoms with Crippen molar-refractivity contribution in [1.82, 2.24) is 0 Å². The van der Waals surface area contributed by atoms with Crippen molar-refractivity contribution >= 4 is 5.69 Å². The van der Waals surface area contributed by atoms with Crippen LogP contribution in [0, 0.1) is 0 Å². The van der Waals surface area contributed by atoms with Gasteiger partial charge in [0.1, 0.15) is 0 Å². The van der Waals surface area contributed by atoms with Crippen LogP contribution in [0.15, 0.2) is 12.1 Å². The first-order valence-electron chi connectivity index (χ1n) is 5.43. The molecule has 0 aromatic heterocycles. The van der Waals surface area contributed by atoms with Gasteiger partial charge in [-0.25, -0.2) is 0 Å². The van der Waals surface area contributed by atoms with E-state index in [0.29, 0.717) is 6.04 Å². The molecule has 0 bridgehead atoms. The zero-order chi connectivity index (χ0) is 11.7.